The number of nitrogens with zero attached hydrogens (tertiary/aromatic N) is 1. The molecular weight excluding hydrogens is 280 g/mol. The maximum absolute atomic E-state index is 12.5. The number of nitrogens with one attached hydrogen (secondary N) is 1. The van der Waals surface area contributed by atoms with E-state index in [1.165, 1.54) is 17.4 Å². The Morgan fingerprint density at radius 1 is 1.18 bits per heavy atom. The minimum absolute atomic E-state index is 0.0746. The van der Waals surface area contributed by atoms with E-state index < -0.39 is 6.04 Å². The smallest absolute Gasteiger partial charge is 0.287 e. The molecule has 5 heteroatoms. The summed E-state index contributed by atoms with van der Waals surface area (Å²) in [5, 5.41) is 2.68. The lowest BCUT2D eigenvalue weighted by atomic mass is 9.99. The van der Waals surface area contributed by atoms with Crippen molar-refractivity contribution in [2.75, 3.05) is 6.54 Å². The molecule has 0 bridgehead atoms. The van der Waals surface area contributed by atoms with E-state index >= 15 is 0 Å². The normalized spacial score (nSPS) is 15.0. The molecule has 1 aromatic heterocycles. The van der Waals surface area contributed by atoms with Gasteiger partial charge in [0, 0.05) is 13.1 Å². The van der Waals surface area contributed by atoms with Crippen molar-refractivity contribution >= 4 is 11.8 Å². The molecule has 1 aromatic carbocycles. The second kappa shape index (κ2) is 6.05. The van der Waals surface area contributed by atoms with Gasteiger partial charge in [0.25, 0.3) is 5.91 Å². The molecule has 0 aliphatic carbocycles. The number of carbonyl (C=O) groups is 2. The molecule has 1 aliphatic rings. The molecule has 5 nitrogen and oxygen atoms in total. The van der Waals surface area contributed by atoms with Gasteiger partial charge in [-0.05, 0) is 36.6 Å². The molecule has 1 aliphatic heterocycles. The number of fused-ring (bicyclic) bond motifs is 1. The average Bonchev–Trinajstić information content (AvgIpc) is 3.08. The Hall–Kier alpha value is -2.56. The van der Waals surface area contributed by atoms with E-state index in [2.05, 4.69) is 11.4 Å². The van der Waals surface area contributed by atoms with E-state index in [1.54, 1.807) is 24.0 Å². The quantitative estimate of drug-likeness (QED) is 0.942. The van der Waals surface area contributed by atoms with E-state index in [0.717, 1.165) is 6.42 Å². The van der Waals surface area contributed by atoms with E-state index in [0.29, 0.717) is 13.1 Å². The maximum atomic E-state index is 12.5. The highest BCUT2D eigenvalue weighted by Gasteiger charge is 2.26. The van der Waals surface area contributed by atoms with Crippen molar-refractivity contribution in [3.8, 4) is 0 Å². The maximum Gasteiger partial charge on any atom is 0.287 e. The lowest BCUT2D eigenvalue weighted by molar-refractivity contribution is -0.133. The van der Waals surface area contributed by atoms with Crippen molar-refractivity contribution in [3.63, 3.8) is 0 Å². The van der Waals surface area contributed by atoms with Crippen molar-refractivity contribution in [1.29, 1.82) is 0 Å². The number of benzene rings is 1. The van der Waals surface area contributed by atoms with Crippen molar-refractivity contribution in [3.05, 3.63) is 59.5 Å². The Kier molecular flexibility index (Phi) is 3.96. The van der Waals surface area contributed by atoms with Gasteiger partial charge in [-0.1, -0.05) is 24.3 Å². The van der Waals surface area contributed by atoms with Crippen molar-refractivity contribution < 1.29 is 14.0 Å². The number of hydrogen-bond acceptors (Lipinski definition) is 3. The van der Waals surface area contributed by atoms with Crippen LogP contribution in [0.2, 0.25) is 0 Å². The van der Waals surface area contributed by atoms with Crippen LogP contribution >= 0.6 is 0 Å². The highest BCUT2D eigenvalue weighted by Crippen LogP contribution is 2.19. The predicted octanol–water partition coefficient (Wildman–Crippen LogP) is 1.98. The first-order valence-corrected chi connectivity index (χ1v) is 7.35. The fourth-order valence-electron chi connectivity index (χ4n) is 2.69. The standard InChI is InChI=1S/C17H18N2O3/c1-12(18-16(20)15-7-4-10-22-15)17(21)19-9-8-13-5-2-3-6-14(13)11-19/h2-7,10,12H,8-9,11H2,1H3,(H,18,20)/t12-/m1/s1. The zero-order chi connectivity index (χ0) is 15.5. The van der Waals surface area contributed by atoms with Crippen LogP contribution in [0.25, 0.3) is 0 Å². The topological polar surface area (TPSA) is 62.6 Å². The Morgan fingerprint density at radius 3 is 2.68 bits per heavy atom. The summed E-state index contributed by atoms with van der Waals surface area (Å²) in [4.78, 5) is 26.2. The highest BCUT2D eigenvalue weighted by molar-refractivity contribution is 5.95. The van der Waals surface area contributed by atoms with Gasteiger partial charge in [-0.15, -0.1) is 0 Å². The molecule has 0 saturated carbocycles. The summed E-state index contributed by atoms with van der Waals surface area (Å²) in [6, 6.07) is 10.8. The minimum Gasteiger partial charge on any atom is -0.459 e. The molecule has 0 fully saturated rings. The fourth-order valence-corrected chi connectivity index (χ4v) is 2.69. The fraction of sp³-hybridized carbons (Fsp3) is 0.294. The van der Waals surface area contributed by atoms with Gasteiger partial charge in [0.15, 0.2) is 5.76 Å². The second-order valence-electron chi connectivity index (χ2n) is 5.45. The number of furan rings is 1. The van der Waals surface area contributed by atoms with Crippen LogP contribution in [0.15, 0.2) is 47.1 Å². The first-order chi connectivity index (χ1) is 10.6. The Balaban J connectivity index is 1.63. The third-order valence-electron chi connectivity index (χ3n) is 3.91. The van der Waals surface area contributed by atoms with Gasteiger partial charge in [-0.3, -0.25) is 9.59 Å². The van der Waals surface area contributed by atoms with Gasteiger partial charge in [-0.2, -0.15) is 0 Å². The first kappa shape index (κ1) is 14.4. The summed E-state index contributed by atoms with van der Waals surface area (Å²) in [5.74, 6) is -0.235. The molecule has 0 unspecified atom stereocenters. The predicted molar refractivity (Wildman–Crippen MR) is 81.2 cm³/mol. The van der Waals surface area contributed by atoms with Crippen LogP contribution in [0, 0.1) is 0 Å². The number of hydrogen-bond donors (Lipinski definition) is 1. The van der Waals surface area contributed by atoms with E-state index in [9.17, 15) is 9.59 Å². The number of amides is 2. The zero-order valence-electron chi connectivity index (χ0n) is 12.4. The summed E-state index contributed by atoms with van der Waals surface area (Å²) >= 11 is 0. The molecule has 2 aromatic rings. The molecule has 2 heterocycles. The third-order valence-corrected chi connectivity index (χ3v) is 3.91. The Morgan fingerprint density at radius 2 is 1.95 bits per heavy atom. The van der Waals surface area contributed by atoms with Crippen LogP contribution < -0.4 is 5.32 Å². The van der Waals surface area contributed by atoms with E-state index in [1.807, 2.05) is 18.2 Å². The number of rotatable bonds is 3. The molecular formula is C17H18N2O3. The lowest BCUT2D eigenvalue weighted by Crippen LogP contribution is -2.48. The lowest BCUT2D eigenvalue weighted by Gasteiger charge is -2.31. The van der Waals surface area contributed by atoms with Crippen molar-refractivity contribution in [1.82, 2.24) is 10.2 Å². The van der Waals surface area contributed by atoms with Gasteiger partial charge in [-0.25, -0.2) is 0 Å². The largest absolute Gasteiger partial charge is 0.459 e. The second-order valence-corrected chi connectivity index (χ2v) is 5.45. The summed E-state index contributed by atoms with van der Waals surface area (Å²) in [6.45, 7) is 2.97. The van der Waals surface area contributed by atoms with Crippen LogP contribution in [0.5, 0.6) is 0 Å². The summed E-state index contributed by atoms with van der Waals surface area (Å²) in [7, 11) is 0. The zero-order valence-corrected chi connectivity index (χ0v) is 12.4. The molecule has 0 radical (unpaired) electrons. The molecule has 114 valence electrons. The Bertz CT molecular complexity index is 679. The van der Waals surface area contributed by atoms with Crippen LogP contribution in [-0.2, 0) is 17.8 Å². The summed E-state index contributed by atoms with van der Waals surface area (Å²) in [5.41, 5.74) is 2.46. The molecule has 0 spiro atoms. The van der Waals surface area contributed by atoms with Crippen LogP contribution in [-0.4, -0.2) is 29.3 Å². The monoisotopic (exact) mass is 298 g/mol. The van der Waals surface area contributed by atoms with Gasteiger partial charge >= 0.3 is 0 Å². The highest BCUT2D eigenvalue weighted by atomic mass is 16.3. The molecule has 1 atom stereocenters. The molecule has 2 amide bonds. The van der Waals surface area contributed by atoms with Gasteiger partial charge in [0.2, 0.25) is 5.91 Å². The number of carbonyl (C=O) groups excluding carboxylic acids is 2. The third kappa shape index (κ3) is 2.88. The Labute approximate surface area is 128 Å². The van der Waals surface area contributed by atoms with Crippen LogP contribution in [0.4, 0.5) is 0 Å². The molecule has 3 rings (SSSR count). The van der Waals surface area contributed by atoms with Gasteiger partial charge < -0.3 is 14.6 Å². The van der Waals surface area contributed by atoms with Gasteiger partial charge in [0.05, 0.1) is 6.26 Å². The van der Waals surface area contributed by atoms with Crippen LogP contribution in [0.1, 0.15) is 28.6 Å². The summed E-state index contributed by atoms with van der Waals surface area (Å²) in [6.07, 6.45) is 2.28. The van der Waals surface area contributed by atoms with Gasteiger partial charge in [0.1, 0.15) is 6.04 Å². The van der Waals surface area contributed by atoms with Crippen molar-refractivity contribution in [2.24, 2.45) is 0 Å². The summed E-state index contributed by atoms with van der Waals surface area (Å²) < 4.78 is 5.03. The molecule has 0 saturated heterocycles. The molecule has 22 heavy (non-hydrogen) atoms. The average molecular weight is 298 g/mol. The first-order valence-electron chi connectivity index (χ1n) is 7.35. The van der Waals surface area contributed by atoms with E-state index in [-0.39, 0.29) is 17.6 Å². The van der Waals surface area contributed by atoms with Crippen molar-refractivity contribution in [2.45, 2.75) is 25.9 Å². The molecule has 1 N–H and O–H groups in total. The van der Waals surface area contributed by atoms with E-state index in [4.69, 9.17) is 4.42 Å². The van der Waals surface area contributed by atoms with Crippen LogP contribution in [0.3, 0.4) is 0 Å². The minimum atomic E-state index is -0.581. The SMILES string of the molecule is C[C@@H](NC(=O)c1ccco1)C(=O)N1CCc2ccccc2C1.